The van der Waals surface area contributed by atoms with Crippen LogP contribution in [0, 0.1) is 0 Å². The highest BCUT2D eigenvalue weighted by molar-refractivity contribution is 5.85. The standard InChI is InChI=1S/C19H23N5O4/c1-10(2)11-3-5-12(6-4-11)23-17-14-18(21-8-20-17)24(9-22-14)19-16(27)15(26)13(7-25)28-19/h3-6,8-10,13,15-16,19,25-27H,7H2,1-2H3,(H,20,21,23)/t13-,15-,16-,19-/m1/s1. The molecule has 3 aromatic rings. The van der Waals surface area contributed by atoms with Crippen molar-refractivity contribution in [3.8, 4) is 0 Å². The van der Waals surface area contributed by atoms with Gasteiger partial charge in [0.15, 0.2) is 23.2 Å². The van der Waals surface area contributed by atoms with Crippen molar-refractivity contribution < 1.29 is 20.1 Å². The van der Waals surface area contributed by atoms with Gasteiger partial charge in [0.1, 0.15) is 24.6 Å². The zero-order chi connectivity index (χ0) is 19.8. The summed E-state index contributed by atoms with van der Waals surface area (Å²) in [4.78, 5) is 12.9. The molecule has 4 atom stereocenters. The molecule has 3 heterocycles. The van der Waals surface area contributed by atoms with Crippen molar-refractivity contribution in [2.24, 2.45) is 0 Å². The molecule has 9 nitrogen and oxygen atoms in total. The molecule has 1 aliphatic rings. The number of ether oxygens (including phenoxy) is 1. The lowest BCUT2D eigenvalue weighted by molar-refractivity contribution is -0.0511. The van der Waals surface area contributed by atoms with Crippen molar-refractivity contribution in [1.82, 2.24) is 19.5 Å². The second kappa shape index (κ2) is 7.44. The molecule has 0 bridgehead atoms. The van der Waals surface area contributed by atoms with Crippen LogP contribution in [0.3, 0.4) is 0 Å². The lowest BCUT2D eigenvalue weighted by atomic mass is 10.0. The number of aliphatic hydroxyl groups excluding tert-OH is 3. The smallest absolute Gasteiger partial charge is 0.167 e. The van der Waals surface area contributed by atoms with Gasteiger partial charge in [0.2, 0.25) is 0 Å². The van der Waals surface area contributed by atoms with E-state index in [1.54, 1.807) is 0 Å². The number of anilines is 2. The Balaban J connectivity index is 1.64. The number of imidazole rings is 1. The van der Waals surface area contributed by atoms with Crippen LogP contribution in [0.4, 0.5) is 11.5 Å². The van der Waals surface area contributed by atoms with Crippen LogP contribution in [0.25, 0.3) is 11.2 Å². The van der Waals surface area contributed by atoms with E-state index in [0.717, 1.165) is 5.69 Å². The lowest BCUT2D eigenvalue weighted by Crippen LogP contribution is -2.33. The summed E-state index contributed by atoms with van der Waals surface area (Å²) >= 11 is 0. The molecule has 9 heteroatoms. The largest absolute Gasteiger partial charge is 0.394 e. The third-order valence-electron chi connectivity index (χ3n) is 4.99. The second-order valence-corrected chi connectivity index (χ2v) is 7.18. The fourth-order valence-corrected chi connectivity index (χ4v) is 3.33. The summed E-state index contributed by atoms with van der Waals surface area (Å²) in [6.07, 6.45) is -1.28. The second-order valence-electron chi connectivity index (χ2n) is 7.18. The third-order valence-corrected chi connectivity index (χ3v) is 4.99. The number of aliphatic hydroxyl groups is 3. The maximum atomic E-state index is 10.3. The first-order valence-corrected chi connectivity index (χ1v) is 9.16. The van der Waals surface area contributed by atoms with Gasteiger partial charge < -0.3 is 25.4 Å². The monoisotopic (exact) mass is 385 g/mol. The number of nitrogens with zero attached hydrogens (tertiary/aromatic N) is 4. The molecular weight excluding hydrogens is 362 g/mol. The number of benzene rings is 1. The lowest BCUT2D eigenvalue weighted by Gasteiger charge is -2.16. The Labute approximate surface area is 161 Å². The van der Waals surface area contributed by atoms with Crippen molar-refractivity contribution in [2.45, 2.75) is 44.3 Å². The van der Waals surface area contributed by atoms with E-state index in [0.29, 0.717) is 22.9 Å². The number of aromatic nitrogens is 4. The molecule has 0 saturated carbocycles. The Bertz CT molecular complexity index is 959. The average Bonchev–Trinajstić information content (AvgIpc) is 3.24. The van der Waals surface area contributed by atoms with Gasteiger partial charge in [-0.3, -0.25) is 4.57 Å². The minimum atomic E-state index is -1.20. The number of fused-ring (bicyclic) bond motifs is 1. The molecule has 1 aromatic carbocycles. The fraction of sp³-hybridized carbons (Fsp3) is 0.421. The first kappa shape index (κ1) is 18.8. The number of hydrogen-bond acceptors (Lipinski definition) is 8. The van der Waals surface area contributed by atoms with Gasteiger partial charge >= 0.3 is 0 Å². The molecule has 2 aromatic heterocycles. The van der Waals surface area contributed by atoms with Gasteiger partial charge in [0.25, 0.3) is 0 Å². The normalized spacial score (nSPS) is 24.9. The van der Waals surface area contributed by atoms with Crippen LogP contribution in [0.15, 0.2) is 36.9 Å². The summed E-state index contributed by atoms with van der Waals surface area (Å²) in [7, 11) is 0. The molecule has 0 spiro atoms. The number of rotatable bonds is 5. The van der Waals surface area contributed by atoms with Gasteiger partial charge in [-0.1, -0.05) is 26.0 Å². The van der Waals surface area contributed by atoms with Crippen molar-refractivity contribution in [1.29, 1.82) is 0 Å². The summed E-state index contributed by atoms with van der Waals surface area (Å²) in [6, 6.07) is 8.07. The van der Waals surface area contributed by atoms with E-state index in [9.17, 15) is 15.3 Å². The van der Waals surface area contributed by atoms with Crippen molar-refractivity contribution in [3.05, 3.63) is 42.5 Å². The average molecular weight is 385 g/mol. The van der Waals surface area contributed by atoms with Crippen molar-refractivity contribution >= 4 is 22.7 Å². The SMILES string of the molecule is CC(C)c1ccc(Nc2ncnc3c2ncn3[C@@H]2O[C@H](CO)[C@@H](O)[C@H]2O)cc1. The highest BCUT2D eigenvalue weighted by atomic mass is 16.6. The Kier molecular flexibility index (Phi) is 4.98. The van der Waals surface area contributed by atoms with Crippen molar-refractivity contribution in [3.63, 3.8) is 0 Å². The summed E-state index contributed by atoms with van der Waals surface area (Å²) < 4.78 is 7.11. The Morgan fingerprint density at radius 2 is 1.86 bits per heavy atom. The Hall–Kier alpha value is -2.59. The first-order valence-electron chi connectivity index (χ1n) is 9.16. The van der Waals surface area contributed by atoms with E-state index in [1.807, 2.05) is 12.1 Å². The first-order chi connectivity index (χ1) is 13.5. The van der Waals surface area contributed by atoms with Crippen LogP contribution >= 0.6 is 0 Å². The Morgan fingerprint density at radius 3 is 2.50 bits per heavy atom. The number of hydrogen-bond donors (Lipinski definition) is 4. The molecule has 1 saturated heterocycles. The molecule has 1 fully saturated rings. The van der Waals surface area contributed by atoms with Crippen molar-refractivity contribution in [2.75, 3.05) is 11.9 Å². The molecule has 28 heavy (non-hydrogen) atoms. The molecule has 1 aliphatic heterocycles. The quantitative estimate of drug-likeness (QED) is 0.518. The van der Waals surface area contributed by atoms with Crippen LogP contribution in [0.2, 0.25) is 0 Å². The maximum Gasteiger partial charge on any atom is 0.167 e. The third kappa shape index (κ3) is 3.22. The van der Waals surface area contributed by atoms with E-state index in [-0.39, 0.29) is 0 Å². The highest BCUT2D eigenvalue weighted by Gasteiger charge is 2.44. The van der Waals surface area contributed by atoms with Gasteiger partial charge in [-0.2, -0.15) is 0 Å². The zero-order valence-electron chi connectivity index (χ0n) is 15.6. The zero-order valence-corrected chi connectivity index (χ0v) is 15.6. The summed E-state index contributed by atoms with van der Waals surface area (Å²) in [6.45, 7) is 3.89. The van der Waals surface area contributed by atoms with Gasteiger partial charge in [0, 0.05) is 5.69 Å². The van der Waals surface area contributed by atoms with E-state index < -0.39 is 31.1 Å². The predicted octanol–water partition coefficient (Wildman–Crippen LogP) is 1.30. The van der Waals surface area contributed by atoms with Gasteiger partial charge in [-0.05, 0) is 23.6 Å². The summed E-state index contributed by atoms with van der Waals surface area (Å²) in [5.74, 6) is 0.972. The summed E-state index contributed by atoms with van der Waals surface area (Å²) in [5.41, 5.74) is 3.07. The molecular formula is C19H23N5O4. The van der Waals surface area contributed by atoms with Gasteiger partial charge in [0.05, 0.1) is 12.9 Å². The molecule has 0 unspecified atom stereocenters. The molecule has 0 aliphatic carbocycles. The minimum absolute atomic E-state index is 0.393. The van der Waals surface area contributed by atoms with Gasteiger partial charge in [-0.15, -0.1) is 0 Å². The maximum absolute atomic E-state index is 10.3. The minimum Gasteiger partial charge on any atom is -0.394 e. The molecule has 148 valence electrons. The highest BCUT2D eigenvalue weighted by Crippen LogP contribution is 2.32. The Morgan fingerprint density at radius 1 is 1.11 bits per heavy atom. The van der Waals surface area contributed by atoms with E-state index in [2.05, 4.69) is 46.2 Å². The van der Waals surface area contributed by atoms with E-state index in [4.69, 9.17) is 4.74 Å². The van der Waals surface area contributed by atoms with Crippen LogP contribution in [-0.2, 0) is 4.74 Å². The topological polar surface area (TPSA) is 126 Å². The van der Waals surface area contributed by atoms with Crippen LogP contribution < -0.4 is 5.32 Å². The van der Waals surface area contributed by atoms with E-state index in [1.165, 1.54) is 22.8 Å². The predicted molar refractivity (Wildman–Crippen MR) is 102 cm³/mol. The van der Waals surface area contributed by atoms with Crippen LogP contribution in [-0.4, -0.2) is 59.8 Å². The van der Waals surface area contributed by atoms with Crippen LogP contribution in [0.5, 0.6) is 0 Å². The number of nitrogens with one attached hydrogen (secondary N) is 1. The molecule has 0 radical (unpaired) electrons. The fourth-order valence-electron chi connectivity index (χ4n) is 3.33. The van der Waals surface area contributed by atoms with E-state index >= 15 is 0 Å². The molecule has 0 amide bonds. The molecule has 4 rings (SSSR count). The van der Waals surface area contributed by atoms with Crippen LogP contribution in [0.1, 0.15) is 31.6 Å². The van der Waals surface area contributed by atoms with Gasteiger partial charge in [-0.25, -0.2) is 15.0 Å². The molecule has 4 N–H and O–H groups in total. The summed E-state index contributed by atoms with van der Waals surface area (Å²) in [5, 5.41) is 32.8.